The van der Waals surface area contributed by atoms with Crippen LogP contribution in [0.3, 0.4) is 0 Å². The van der Waals surface area contributed by atoms with Crippen molar-refractivity contribution >= 4 is 39.5 Å². The molecule has 0 fully saturated rings. The third-order valence-electron chi connectivity index (χ3n) is 1.41. The molecule has 0 bridgehead atoms. The zero-order valence-corrected chi connectivity index (χ0v) is 14.4. The second kappa shape index (κ2) is 13.0. The molecule has 0 aromatic carbocycles. The molecule has 0 aliphatic heterocycles. The number of rotatable bonds is 6. The van der Waals surface area contributed by atoms with E-state index in [1.165, 1.54) is 0 Å². The van der Waals surface area contributed by atoms with E-state index in [0.717, 1.165) is 0 Å². The number of hydrogen-bond acceptors (Lipinski definition) is 0. The SMILES string of the molecule is C=[CH][Sn]([CH]=C)[CH]=C.C=[CH][Sn]([CH]=C)[CH]=C. The Labute approximate surface area is 103 Å². The van der Waals surface area contributed by atoms with Crippen molar-refractivity contribution < 1.29 is 0 Å². The van der Waals surface area contributed by atoms with Gasteiger partial charge in [0.2, 0.25) is 0 Å². The summed E-state index contributed by atoms with van der Waals surface area (Å²) in [5, 5.41) is 0. The van der Waals surface area contributed by atoms with Crippen LogP contribution in [-0.4, -0.2) is 39.5 Å². The molecule has 74 valence electrons. The molecule has 0 aromatic heterocycles. The number of hydrogen-bond donors (Lipinski definition) is 0. The molecule has 2 heteroatoms. The predicted molar refractivity (Wildman–Crippen MR) is 72.7 cm³/mol. The quantitative estimate of drug-likeness (QED) is 0.601. The van der Waals surface area contributed by atoms with Crippen LogP contribution in [-0.2, 0) is 0 Å². The Bertz CT molecular complexity index is 154. The van der Waals surface area contributed by atoms with Crippen LogP contribution in [0.4, 0.5) is 0 Å². The van der Waals surface area contributed by atoms with Crippen molar-refractivity contribution in [1.82, 2.24) is 0 Å². The molecule has 0 amide bonds. The van der Waals surface area contributed by atoms with Crippen molar-refractivity contribution in [2.45, 2.75) is 0 Å². The van der Waals surface area contributed by atoms with E-state index in [9.17, 15) is 0 Å². The van der Waals surface area contributed by atoms with Gasteiger partial charge in [-0.25, -0.2) is 0 Å². The van der Waals surface area contributed by atoms with Gasteiger partial charge in [0.25, 0.3) is 0 Å². The third kappa shape index (κ3) is 10.1. The zero-order valence-electron chi connectivity index (χ0n) is 8.71. The second-order valence-electron chi connectivity index (χ2n) is 2.22. The van der Waals surface area contributed by atoms with Crippen molar-refractivity contribution in [2.75, 3.05) is 0 Å². The summed E-state index contributed by atoms with van der Waals surface area (Å²) in [5.74, 6) is 0. The van der Waals surface area contributed by atoms with Crippen LogP contribution in [0, 0.1) is 0 Å². The monoisotopic (exact) mass is 402 g/mol. The van der Waals surface area contributed by atoms with Crippen LogP contribution in [0.25, 0.3) is 0 Å². The van der Waals surface area contributed by atoms with Gasteiger partial charge in [-0.15, -0.1) is 0 Å². The van der Waals surface area contributed by atoms with Gasteiger partial charge in [0.15, 0.2) is 0 Å². The fourth-order valence-corrected chi connectivity index (χ4v) is 3.35. The average molecular weight is 400 g/mol. The molecule has 0 atom stereocenters. The van der Waals surface area contributed by atoms with Gasteiger partial charge in [0.05, 0.1) is 0 Å². The molecule has 2 radical (unpaired) electrons. The van der Waals surface area contributed by atoms with Crippen LogP contribution in [0.15, 0.2) is 64.0 Å². The molecular formula is C12H18Sn2. The first-order valence-electron chi connectivity index (χ1n) is 4.18. The normalized spacial score (nSPS) is 8.14. The molecule has 14 heavy (non-hydrogen) atoms. The molecule has 0 aliphatic rings. The molecular weight excluding hydrogens is 382 g/mol. The van der Waals surface area contributed by atoms with Crippen molar-refractivity contribution in [2.24, 2.45) is 0 Å². The zero-order chi connectivity index (χ0) is 11.4. The third-order valence-corrected chi connectivity index (χ3v) is 9.49. The van der Waals surface area contributed by atoms with Gasteiger partial charge in [-0.05, 0) is 0 Å². The van der Waals surface area contributed by atoms with Crippen LogP contribution < -0.4 is 0 Å². The van der Waals surface area contributed by atoms with Gasteiger partial charge in [0, 0.05) is 0 Å². The summed E-state index contributed by atoms with van der Waals surface area (Å²) < 4.78 is 11.9. The van der Waals surface area contributed by atoms with Gasteiger partial charge in [0.1, 0.15) is 0 Å². The topological polar surface area (TPSA) is 0 Å². The Balaban J connectivity index is 0. The summed E-state index contributed by atoms with van der Waals surface area (Å²) in [4.78, 5) is 0. The molecule has 0 heterocycles. The Morgan fingerprint density at radius 3 is 0.571 bits per heavy atom. The summed E-state index contributed by atoms with van der Waals surface area (Å²) >= 11 is -2.72. The van der Waals surface area contributed by atoms with Crippen molar-refractivity contribution in [1.29, 1.82) is 0 Å². The van der Waals surface area contributed by atoms with Crippen LogP contribution >= 0.6 is 0 Å². The van der Waals surface area contributed by atoms with E-state index in [-0.39, 0.29) is 0 Å². The first kappa shape index (κ1) is 16.5. The molecule has 0 rings (SSSR count). The minimum atomic E-state index is -1.36. The second-order valence-corrected chi connectivity index (χ2v) is 14.9. The Hall–Kier alpha value is 0.0374. The van der Waals surface area contributed by atoms with Crippen molar-refractivity contribution in [3.63, 3.8) is 0 Å². The fourth-order valence-electron chi connectivity index (χ4n) is 0.500. The maximum atomic E-state index is 3.65. The van der Waals surface area contributed by atoms with Gasteiger partial charge in [-0.3, -0.25) is 0 Å². The van der Waals surface area contributed by atoms with E-state index in [4.69, 9.17) is 0 Å². The minimum absolute atomic E-state index is 1.36. The van der Waals surface area contributed by atoms with E-state index in [1.807, 2.05) is 24.6 Å². The first-order chi connectivity index (χ1) is 6.69. The van der Waals surface area contributed by atoms with Gasteiger partial charge < -0.3 is 0 Å². The molecule has 0 spiro atoms. The fraction of sp³-hybridized carbons (Fsp3) is 0. The Morgan fingerprint density at radius 2 is 0.571 bits per heavy atom. The first-order valence-corrected chi connectivity index (χ1v) is 14.1. The predicted octanol–water partition coefficient (Wildman–Crippen LogP) is 3.31. The summed E-state index contributed by atoms with van der Waals surface area (Å²) in [6, 6.07) is 0. The molecule has 0 N–H and O–H groups in total. The van der Waals surface area contributed by atoms with Gasteiger partial charge >= 0.3 is 104 Å². The molecule has 0 nitrogen and oxygen atoms in total. The van der Waals surface area contributed by atoms with E-state index < -0.39 is 39.5 Å². The maximum absolute atomic E-state index is 3.65. The Kier molecular flexibility index (Phi) is 15.3. The van der Waals surface area contributed by atoms with Gasteiger partial charge in [-0.1, -0.05) is 0 Å². The summed E-state index contributed by atoms with van der Waals surface area (Å²) in [6.07, 6.45) is 0. The van der Waals surface area contributed by atoms with Crippen LogP contribution in [0.1, 0.15) is 0 Å². The Morgan fingerprint density at radius 1 is 0.429 bits per heavy atom. The van der Waals surface area contributed by atoms with E-state index in [0.29, 0.717) is 0 Å². The molecule has 0 aromatic rings. The van der Waals surface area contributed by atoms with E-state index >= 15 is 0 Å². The van der Waals surface area contributed by atoms with Crippen molar-refractivity contribution in [3.05, 3.63) is 64.0 Å². The summed E-state index contributed by atoms with van der Waals surface area (Å²) in [6.45, 7) is 21.9. The van der Waals surface area contributed by atoms with Crippen LogP contribution in [0.5, 0.6) is 0 Å². The summed E-state index contributed by atoms with van der Waals surface area (Å²) in [7, 11) is 0. The molecule has 0 saturated heterocycles. The standard InChI is InChI=1S/6C2H3.2Sn/c6*1-2;;/h6*1H,2H2;;. The molecule has 0 saturated carbocycles. The van der Waals surface area contributed by atoms with E-state index in [1.54, 1.807) is 0 Å². The van der Waals surface area contributed by atoms with E-state index in [2.05, 4.69) is 39.5 Å². The van der Waals surface area contributed by atoms with Crippen molar-refractivity contribution in [3.8, 4) is 0 Å². The average Bonchev–Trinajstić information content (AvgIpc) is 2.24. The van der Waals surface area contributed by atoms with Crippen LogP contribution in [0.2, 0.25) is 0 Å². The molecule has 0 aliphatic carbocycles. The van der Waals surface area contributed by atoms with Gasteiger partial charge in [-0.2, -0.15) is 0 Å². The molecule has 0 unspecified atom stereocenters. The summed E-state index contributed by atoms with van der Waals surface area (Å²) in [5.41, 5.74) is 0.